The minimum absolute atomic E-state index is 0.118. The summed E-state index contributed by atoms with van der Waals surface area (Å²) in [6.07, 6.45) is 8.85. The molecule has 3 N–H and O–H groups in total. The van der Waals surface area contributed by atoms with Crippen LogP contribution >= 0.6 is 11.8 Å². The first kappa shape index (κ1) is 24.1. The van der Waals surface area contributed by atoms with Crippen LogP contribution in [-0.4, -0.2) is 38.8 Å². The maximum absolute atomic E-state index is 12.2. The zero-order valence-corrected chi connectivity index (χ0v) is 21.6. The number of hydrogen-bond donors (Lipinski definition) is 3. The smallest absolute Gasteiger partial charge is 0.286 e. The topological polar surface area (TPSA) is 86.6 Å². The molecule has 5 nitrogen and oxygen atoms in total. The van der Waals surface area contributed by atoms with Crippen LogP contribution in [0.2, 0.25) is 0 Å². The fourth-order valence-electron chi connectivity index (χ4n) is 9.98. The fourth-order valence-corrected chi connectivity index (χ4v) is 11.0. The summed E-state index contributed by atoms with van der Waals surface area (Å²) in [7, 11) is 0. The van der Waals surface area contributed by atoms with Crippen molar-refractivity contribution < 1.29 is 19.8 Å². The van der Waals surface area contributed by atoms with Gasteiger partial charge in [-0.15, -0.1) is 0 Å². The predicted molar refractivity (Wildman–Crippen MR) is 130 cm³/mol. The lowest BCUT2D eigenvalue weighted by Crippen LogP contribution is -2.62. The Kier molecular flexibility index (Phi) is 6.22. The van der Waals surface area contributed by atoms with Crippen LogP contribution in [0.1, 0.15) is 85.5 Å². The molecule has 0 radical (unpaired) electrons. The highest BCUT2D eigenvalue weighted by atomic mass is 32.2. The molecule has 0 aromatic rings. The summed E-state index contributed by atoms with van der Waals surface area (Å²) >= 11 is 1.16. The van der Waals surface area contributed by atoms with Crippen LogP contribution < -0.4 is 5.32 Å². The van der Waals surface area contributed by atoms with Crippen molar-refractivity contribution in [3.63, 3.8) is 0 Å². The Hall–Kier alpha value is -0.590. The third-order valence-corrected chi connectivity index (χ3v) is 12.5. The maximum Gasteiger partial charge on any atom is 0.286 e. The second-order valence-electron chi connectivity index (χ2n) is 12.7. The second-order valence-corrected chi connectivity index (χ2v) is 13.9. The molecule has 2 amide bonds. The summed E-state index contributed by atoms with van der Waals surface area (Å²) in [5, 5.41) is 24.3. The van der Waals surface area contributed by atoms with Gasteiger partial charge >= 0.3 is 0 Å². The minimum atomic E-state index is -0.268. The molecule has 0 aromatic heterocycles. The van der Waals surface area contributed by atoms with Crippen molar-refractivity contribution >= 4 is 22.9 Å². The molecular formula is C27H43NO4S. The summed E-state index contributed by atoms with van der Waals surface area (Å²) in [5.74, 6) is 2.96. The molecule has 5 fully saturated rings. The lowest BCUT2D eigenvalue weighted by Gasteiger charge is -2.64. The van der Waals surface area contributed by atoms with Crippen molar-refractivity contribution in [3.05, 3.63) is 0 Å². The first-order valence-electron chi connectivity index (χ1n) is 13.5. The number of aliphatic hydroxyl groups excluding tert-OH is 2. The molecule has 5 aliphatic rings. The number of carbonyl (C=O) groups excluding carboxylic acids is 2. The van der Waals surface area contributed by atoms with E-state index in [0.29, 0.717) is 35.5 Å². The van der Waals surface area contributed by atoms with E-state index in [2.05, 4.69) is 33.0 Å². The van der Waals surface area contributed by atoms with Gasteiger partial charge in [-0.1, -0.05) is 45.9 Å². The van der Waals surface area contributed by atoms with Gasteiger partial charge in [0.1, 0.15) is 0 Å². The Morgan fingerprint density at radius 3 is 2.39 bits per heavy atom. The highest BCUT2D eigenvalue weighted by Gasteiger charge is 2.65. The Balaban J connectivity index is 1.39. The van der Waals surface area contributed by atoms with Crippen LogP contribution in [0.4, 0.5) is 4.79 Å². The van der Waals surface area contributed by atoms with Gasteiger partial charge in [0.2, 0.25) is 5.91 Å². The van der Waals surface area contributed by atoms with E-state index < -0.39 is 0 Å². The molecule has 1 aliphatic heterocycles. The predicted octanol–water partition coefficient (Wildman–Crippen LogP) is 4.99. The monoisotopic (exact) mass is 477 g/mol. The third kappa shape index (κ3) is 3.64. The summed E-state index contributed by atoms with van der Waals surface area (Å²) in [6, 6.07) is 0. The number of nitrogens with one attached hydrogen (secondary N) is 1. The van der Waals surface area contributed by atoms with Gasteiger partial charge in [-0.2, -0.15) is 0 Å². The quantitative estimate of drug-likeness (QED) is 0.531. The number of aliphatic hydroxyl groups is 2. The number of amides is 2. The average Bonchev–Trinajstić information content (AvgIpc) is 3.27. The summed E-state index contributed by atoms with van der Waals surface area (Å²) < 4.78 is 0. The number of hydrogen-bond acceptors (Lipinski definition) is 5. The molecule has 186 valence electrons. The Bertz CT molecular complexity index is 805. The van der Waals surface area contributed by atoms with Crippen molar-refractivity contribution in [2.24, 2.45) is 52.3 Å². The van der Waals surface area contributed by atoms with E-state index in [1.54, 1.807) is 0 Å². The first-order chi connectivity index (χ1) is 15.6. The van der Waals surface area contributed by atoms with Gasteiger partial charge in [0.05, 0.1) is 17.5 Å². The van der Waals surface area contributed by atoms with Crippen LogP contribution in [0.5, 0.6) is 0 Å². The van der Waals surface area contributed by atoms with E-state index in [9.17, 15) is 19.8 Å². The summed E-state index contributed by atoms with van der Waals surface area (Å²) in [4.78, 5) is 23.9. The van der Waals surface area contributed by atoms with Crippen LogP contribution in [0.3, 0.4) is 0 Å². The average molecular weight is 478 g/mol. The molecule has 0 aromatic carbocycles. The molecule has 0 spiro atoms. The highest BCUT2D eigenvalue weighted by Crippen LogP contribution is 2.69. The number of thioether (sulfide) groups is 1. The van der Waals surface area contributed by atoms with Gasteiger partial charge in [0, 0.05) is 0 Å². The van der Waals surface area contributed by atoms with Gasteiger partial charge in [0.15, 0.2) is 0 Å². The SMILES string of the molecule is CC[C@H]1[C@@H](O)C2C3CCC(C(C)C[C@H]4SC(=O)NC4=O)[C@@]3(C)CCC2[C@@]2(C)CC[C@@H](O)C[C@@H]12. The van der Waals surface area contributed by atoms with Crippen LogP contribution in [0.25, 0.3) is 0 Å². The molecule has 5 rings (SSSR count). The van der Waals surface area contributed by atoms with Gasteiger partial charge < -0.3 is 10.2 Å². The zero-order valence-electron chi connectivity index (χ0n) is 20.8. The van der Waals surface area contributed by atoms with E-state index in [4.69, 9.17) is 0 Å². The van der Waals surface area contributed by atoms with Crippen molar-refractivity contribution in [1.29, 1.82) is 0 Å². The third-order valence-electron chi connectivity index (χ3n) is 11.5. The molecule has 1 saturated heterocycles. The number of fused-ring (bicyclic) bond motifs is 5. The number of rotatable bonds is 4. The molecular weight excluding hydrogens is 434 g/mol. The van der Waals surface area contributed by atoms with E-state index in [-0.39, 0.29) is 45.4 Å². The zero-order chi connectivity index (χ0) is 23.7. The summed E-state index contributed by atoms with van der Waals surface area (Å²) in [5.41, 5.74) is 0.425. The van der Waals surface area contributed by atoms with E-state index >= 15 is 0 Å². The Morgan fingerprint density at radius 2 is 1.73 bits per heavy atom. The standard InChI is InChI=1S/C27H43NO4S/c1-5-16-20-13-15(29)8-10-27(20,4)19-9-11-26(3)17(6-7-18(26)22(19)23(16)30)14(2)12-21-24(31)28-25(32)33-21/h14-23,29-30H,5-13H2,1-4H3,(H,28,31,32)/t14?,15-,16-,17?,18?,19?,20+,21-,22?,23-,26-,27-/m1/s1. The van der Waals surface area contributed by atoms with E-state index in [1.165, 1.54) is 25.7 Å². The Morgan fingerprint density at radius 1 is 1.03 bits per heavy atom. The highest BCUT2D eigenvalue weighted by molar-refractivity contribution is 8.15. The maximum atomic E-state index is 12.2. The van der Waals surface area contributed by atoms with Crippen molar-refractivity contribution in [3.8, 4) is 0 Å². The van der Waals surface area contributed by atoms with E-state index in [0.717, 1.165) is 43.9 Å². The molecule has 0 bridgehead atoms. The lowest BCUT2D eigenvalue weighted by molar-refractivity contribution is -0.203. The lowest BCUT2D eigenvalue weighted by atomic mass is 9.41. The van der Waals surface area contributed by atoms with Crippen LogP contribution in [0, 0.1) is 52.3 Å². The van der Waals surface area contributed by atoms with Crippen molar-refractivity contribution in [2.45, 2.75) is 103 Å². The molecule has 4 saturated carbocycles. The molecule has 4 aliphatic carbocycles. The minimum Gasteiger partial charge on any atom is -0.393 e. The van der Waals surface area contributed by atoms with Crippen LogP contribution in [-0.2, 0) is 4.79 Å². The first-order valence-corrected chi connectivity index (χ1v) is 14.4. The fraction of sp³-hybridized carbons (Fsp3) is 0.926. The second kappa shape index (κ2) is 8.51. The molecule has 33 heavy (non-hydrogen) atoms. The normalized spacial score (nSPS) is 52.6. The van der Waals surface area contributed by atoms with Crippen molar-refractivity contribution in [2.75, 3.05) is 0 Å². The molecule has 12 atom stereocenters. The molecule has 1 heterocycles. The van der Waals surface area contributed by atoms with Gasteiger partial charge in [-0.25, -0.2) is 0 Å². The Labute approximate surface area is 203 Å². The largest absolute Gasteiger partial charge is 0.393 e. The molecule has 6 heteroatoms. The van der Waals surface area contributed by atoms with Gasteiger partial charge in [-0.3, -0.25) is 14.9 Å². The van der Waals surface area contributed by atoms with Crippen LogP contribution in [0.15, 0.2) is 0 Å². The van der Waals surface area contributed by atoms with Gasteiger partial charge in [0.25, 0.3) is 5.24 Å². The van der Waals surface area contributed by atoms with Gasteiger partial charge in [-0.05, 0) is 104 Å². The van der Waals surface area contributed by atoms with Crippen molar-refractivity contribution in [1.82, 2.24) is 5.32 Å². The number of carbonyl (C=O) groups is 2. The van der Waals surface area contributed by atoms with E-state index in [1.807, 2.05) is 0 Å². The summed E-state index contributed by atoms with van der Waals surface area (Å²) in [6.45, 7) is 9.47. The molecule has 5 unspecified atom stereocenters. The number of imide groups is 1.